The number of hydrogen-bond acceptors (Lipinski definition) is 9. The van der Waals surface area contributed by atoms with Crippen molar-refractivity contribution in [3.63, 3.8) is 0 Å². The van der Waals surface area contributed by atoms with E-state index in [9.17, 15) is 0 Å². The molecule has 0 fully saturated rings. The van der Waals surface area contributed by atoms with Gasteiger partial charge in [-0.2, -0.15) is 11.8 Å². The van der Waals surface area contributed by atoms with Crippen molar-refractivity contribution in [2.24, 2.45) is 0 Å². The SMILES string of the molecule is CNc1nc2cc(Br)sc2n2c(C)cnc12.CNc1nc2cc(C3=CCSCC3)sc2n2c(C)cnc12. The third-order valence-electron chi connectivity index (χ3n) is 6.28. The van der Waals surface area contributed by atoms with Crippen LogP contribution in [0.4, 0.5) is 11.6 Å². The number of aryl methyl sites for hydroxylation is 2. The Morgan fingerprint density at radius 1 is 0.865 bits per heavy atom. The number of nitrogens with zero attached hydrogens (tertiary/aromatic N) is 6. The molecule has 0 unspecified atom stereocenters. The van der Waals surface area contributed by atoms with E-state index in [2.05, 4.69) is 69.4 Å². The van der Waals surface area contributed by atoms with E-state index >= 15 is 0 Å². The number of imidazole rings is 2. The fourth-order valence-electron chi connectivity index (χ4n) is 4.50. The van der Waals surface area contributed by atoms with Crippen molar-refractivity contribution in [1.29, 1.82) is 0 Å². The van der Waals surface area contributed by atoms with Gasteiger partial charge in [0.2, 0.25) is 0 Å². The lowest BCUT2D eigenvalue weighted by atomic mass is 10.1. The van der Waals surface area contributed by atoms with Crippen LogP contribution in [0, 0.1) is 13.8 Å². The van der Waals surface area contributed by atoms with Crippen molar-refractivity contribution in [2.45, 2.75) is 20.3 Å². The molecule has 8 nitrogen and oxygen atoms in total. The highest BCUT2D eigenvalue weighted by Gasteiger charge is 2.16. The van der Waals surface area contributed by atoms with Crippen LogP contribution in [0.3, 0.4) is 0 Å². The van der Waals surface area contributed by atoms with E-state index in [1.807, 2.05) is 62.6 Å². The lowest BCUT2D eigenvalue weighted by Crippen LogP contribution is -1.98. The minimum absolute atomic E-state index is 0.811. The molecule has 37 heavy (non-hydrogen) atoms. The Hall–Kier alpha value is -2.67. The van der Waals surface area contributed by atoms with Crippen LogP contribution in [0.15, 0.2) is 34.4 Å². The van der Waals surface area contributed by atoms with Gasteiger partial charge >= 0.3 is 0 Å². The van der Waals surface area contributed by atoms with Gasteiger partial charge in [0.05, 0.1) is 3.79 Å². The Labute approximate surface area is 234 Å². The monoisotopic (exact) mass is 612 g/mol. The normalized spacial score (nSPS) is 13.8. The van der Waals surface area contributed by atoms with Crippen LogP contribution in [-0.2, 0) is 0 Å². The molecule has 12 heteroatoms. The first-order valence-electron chi connectivity index (χ1n) is 11.8. The van der Waals surface area contributed by atoms with Gasteiger partial charge in [0.25, 0.3) is 0 Å². The lowest BCUT2D eigenvalue weighted by Gasteiger charge is -2.09. The van der Waals surface area contributed by atoms with Gasteiger partial charge < -0.3 is 10.6 Å². The highest BCUT2D eigenvalue weighted by Crippen LogP contribution is 2.36. The summed E-state index contributed by atoms with van der Waals surface area (Å²) in [5.74, 6) is 3.99. The summed E-state index contributed by atoms with van der Waals surface area (Å²) < 4.78 is 5.42. The Bertz CT molecular complexity index is 1810. The molecule has 0 radical (unpaired) electrons. The number of aromatic nitrogens is 6. The standard InChI is InChI=1S/C15H16N4S2.C10H9BrN4S/c1-9-8-17-14-13(16-2)18-11-7-12(21-15(11)19(9)14)10-3-5-20-6-4-10;1-5-4-13-9-8(12-2)14-6-3-7(11)16-10(6)15(5)9/h3,7-8H,4-6H2,1-2H3,(H,16,18);3-4H,1-2H3,(H,12,14). The molecule has 1 aliphatic heterocycles. The predicted octanol–water partition coefficient (Wildman–Crippen LogP) is 6.87. The van der Waals surface area contributed by atoms with Crippen molar-refractivity contribution in [3.05, 3.63) is 50.7 Å². The van der Waals surface area contributed by atoms with Gasteiger partial charge in [-0.1, -0.05) is 6.08 Å². The molecule has 6 aromatic rings. The van der Waals surface area contributed by atoms with Crippen molar-refractivity contribution in [3.8, 4) is 0 Å². The quantitative estimate of drug-likeness (QED) is 0.225. The maximum atomic E-state index is 4.73. The average molecular weight is 614 g/mol. The summed E-state index contributed by atoms with van der Waals surface area (Å²) in [6, 6.07) is 4.25. The van der Waals surface area contributed by atoms with Crippen LogP contribution < -0.4 is 10.6 Å². The molecule has 0 saturated heterocycles. The zero-order valence-electron chi connectivity index (χ0n) is 20.8. The number of fused-ring (bicyclic) bond motifs is 6. The summed E-state index contributed by atoms with van der Waals surface area (Å²) in [5.41, 5.74) is 7.55. The van der Waals surface area contributed by atoms with Gasteiger partial charge in [-0.05, 0) is 59.7 Å². The second kappa shape index (κ2) is 9.90. The van der Waals surface area contributed by atoms with Crippen LogP contribution >= 0.6 is 50.4 Å². The van der Waals surface area contributed by atoms with Gasteiger partial charge in [0.15, 0.2) is 22.9 Å². The molecule has 0 amide bonds. The van der Waals surface area contributed by atoms with E-state index in [0.29, 0.717) is 0 Å². The van der Waals surface area contributed by atoms with E-state index in [1.165, 1.54) is 21.0 Å². The van der Waals surface area contributed by atoms with E-state index in [0.717, 1.165) is 66.1 Å². The number of nitrogens with one attached hydrogen (secondary N) is 2. The van der Waals surface area contributed by atoms with Crippen molar-refractivity contribution < 1.29 is 0 Å². The number of hydrogen-bond donors (Lipinski definition) is 2. The third kappa shape index (κ3) is 4.29. The maximum Gasteiger partial charge on any atom is 0.181 e. The van der Waals surface area contributed by atoms with Gasteiger partial charge in [-0.3, -0.25) is 8.80 Å². The minimum Gasteiger partial charge on any atom is -0.370 e. The zero-order valence-corrected chi connectivity index (χ0v) is 24.8. The molecule has 0 spiro atoms. The van der Waals surface area contributed by atoms with Crippen LogP contribution in [0.25, 0.3) is 37.6 Å². The number of thiophene rings is 2. The molecule has 0 saturated carbocycles. The smallest absolute Gasteiger partial charge is 0.181 e. The molecule has 0 aromatic carbocycles. The number of halogens is 1. The molecule has 7 rings (SSSR count). The number of anilines is 2. The first-order valence-corrected chi connectivity index (χ1v) is 15.4. The van der Waals surface area contributed by atoms with E-state index in [1.54, 1.807) is 11.3 Å². The van der Waals surface area contributed by atoms with Gasteiger partial charge in [0.1, 0.15) is 20.7 Å². The van der Waals surface area contributed by atoms with E-state index < -0.39 is 0 Å². The Balaban J connectivity index is 0.000000141. The van der Waals surface area contributed by atoms with Crippen molar-refractivity contribution in [1.82, 2.24) is 28.7 Å². The van der Waals surface area contributed by atoms with E-state index in [-0.39, 0.29) is 0 Å². The van der Waals surface area contributed by atoms with Gasteiger partial charge in [-0.25, -0.2) is 19.9 Å². The Kier molecular flexibility index (Phi) is 6.59. The van der Waals surface area contributed by atoms with Crippen LogP contribution in [0.5, 0.6) is 0 Å². The minimum atomic E-state index is 0.811. The second-order valence-corrected chi connectivity index (χ2v) is 13.2. The average Bonchev–Trinajstić information content (AvgIpc) is 3.68. The summed E-state index contributed by atoms with van der Waals surface area (Å²) in [6.45, 7) is 4.14. The van der Waals surface area contributed by atoms with Gasteiger partial charge in [-0.15, -0.1) is 22.7 Å². The summed E-state index contributed by atoms with van der Waals surface area (Å²) in [4.78, 5) is 21.8. The maximum absolute atomic E-state index is 4.73. The molecule has 190 valence electrons. The van der Waals surface area contributed by atoms with Crippen molar-refractivity contribution >= 4 is 99.6 Å². The summed E-state index contributed by atoms with van der Waals surface area (Å²) >= 11 is 8.99. The van der Waals surface area contributed by atoms with Crippen molar-refractivity contribution in [2.75, 3.05) is 36.2 Å². The molecular weight excluding hydrogens is 588 g/mol. The fourth-order valence-corrected chi connectivity index (χ4v) is 8.14. The number of allylic oxidation sites excluding steroid dienone is 1. The fraction of sp³-hybridized carbons (Fsp3) is 0.280. The molecule has 0 bridgehead atoms. The molecular formula is C25H25BrN8S3. The molecule has 2 N–H and O–H groups in total. The summed E-state index contributed by atoms with van der Waals surface area (Å²) in [6.07, 6.45) is 7.29. The largest absolute Gasteiger partial charge is 0.370 e. The van der Waals surface area contributed by atoms with Crippen LogP contribution in [0.1, 0.15) is 22.7 Å². The Morgan fingerprint density at radius 3 is 2.03 bits per heavy atom. The molecule has 7 heterocycles. The first-order chi connectivity index (χ1) is 18.0. The van der Waals surface area contributed by atoms with Gasteiger partial charge in [0, 0.05) is 48.5 Å². The highest BCUT2D eigenvalue weighted by molar-refractivity contribution is 9.11. The summed E-state index contributed by atoms with van der Waals surface area (Å²) in [7, 11) is 3.76. The van der Waals surface area contributed by atoms with Crippen LogP contribution in [0.2, 0.25) is 0 Å². The molecule has 1 aliphatic rings. The highest BCUT2D eigenvalue weighted by atomic mass is 79.9. The topological polar surface area (TPSA) is 84.4 Å². The molecule has 6 aromatic heterocycles. The third-order valence-corrected chi connectivity index (χ3v) is 9.97. The second-order valence-electron chi connectivity index (χ2n) is 8.63. The molecule has 0 aliphatic carbocycles. The Morgan fingerprint density at radius 2 is 1.46 bits per heavy atom. The zero-order chi connectivity index (χ0) is 25.7. The first kappa shape index (κ1) is 24.7. The number of thioether (sulfide) groups is 1. The lowest BCUT2D eigenvalue weighted by molar-refractivity contribution is 1.15. The molecule has 0 atom stereocenters. The predicted molar refractivity (Wildman–Crippen MR) is 163 cm³/mol. The van der Waals surface area contributed by atoms with Crippen LogP contribution in [-0.4, -0.2) is 54.3 Å². The summed E-state index contributed by atoms with van der Waals surface area (Å²) in [5, 5.41) is 6.24. The number of rotatable bonds is 3. The van der Waals surface area contributed by atoms with E-state index in [4.69, 9.17) is 4.98 Å².